The van der Waals surface area contributed by atoms with E-state index >= 15 is 0 Å². The van der Waals surface area contributed by atoms with E-state index in [9.17, 15) is 4.79 Å². The number of aliphatic carboxylic acids is 1. The van der Waals surface area contributed by atoms with Gasteiger partial charge in [0.2, 0.25) is 5.89 Å². The summed E-state index contributed by atoms with van der Waals surface area (Å²) in [5.41, 5.74) is 3.27. The molecule has 0 unspecified atom stereocenters. The average Bonchev–Trinajstić information content (AvgIpc) is 3.23. The molecule has 0 aliphatic rings. The lowest BCUT2D eigenvalue weighted by Crippen LogP contribution is -2.10. The van der Waals surface area contributed by atoms with Gasteiger partial charge in [-0.25, -0.2) is 9.78 Å². The van der Waals surface area contributed by atoms with Gasteiger partial charge in [0.15, 0.2) is 12.2 Å². The third-order valence-corrected chi connectivity index (χ3v) is 6.35. The fraction of sp³-hybridized carbons (Fsp3) is 0.200. The molecular weight excluding hydrogens is 506 g/mol. The first-order valence-corrected chi connectivity index (χ1v) is 12.1. The third kappa shape index (κ3) is 6.09. The molecule has 1 N–H and O–H groups in total. The Morgan fingerprint density at radius 2 is 1.91 bits per heavy atom. The standard InChI is InChI=1S/C25H22BrNO5S/c1-16-13-18(8-10-21(16)31-15-24(28)29)33-12-4-11-30-22-9-7-17(26)14-19(22)25-27-20-5-2-3-6-23(20)32-25/h2-3,5-10,13-14H,4,11-12,15H2,1H3,(H,28,29). The molecular formula is C25H22BrNO5S. The predicted octanol–water partition coefficient (Wildman–Crippen LogP) is 6.59. The summed E-state index contributed by atoms with van der Waals surface area (Å²) >= 11 is 5.24. The molecule has 0 fully saturated rings. The summed E-state index contributed by atoms with van der Waals surface area (Å²) in [5.74, 6) is 1.74. The highest BCUT2D eigenvalue weighted by Crippen LogP contribution is 2.34. The normalized spacial score (nSPS) is 11.0. The van der Waals surface area contributed by atoms with Gasteiger partial charge >= 0.3 is 5.97 Å². The number of halogens is 1. The van der Waals surface area contributed by atoms with Crippen LogP contribution in [0.4, 0.5) is 0 Å². The molecule has 0 radical (unpaired) electrons. The maximum atomic E-state index is 10.7. The summed E-state index contributed by atoms with van der Waals surface area (Å²) in [6, 6.07) is 19.2. The first kappa shape index (κ1) is 23.2. The lowest BCUT2D eigenvalue weighted by molar-refractivity contribution is -0.139. The van der Waals surface area contributed by atoms with E-state index in [0.717, 1.165) is 49.5 Å². The van der Waals surface area contributed by atoms with E-state index in [1.807, 2.05) is 67.6 Å². The van der Waals surface area contributed by atoms with Crippen molar-refractivity contribution in [1.29, 1.82) is 0 Å². The van der Waals surface area contributed by atoms with E-state index in [0.29, 0.717) is 18.2 Å². The third-order valence-electron chi connectivity index (χ3n) is 4.78. The smallest absolute Gasteiger partial charge is 0.341 e. The van der Waals surface area contributed by atoms with Gasteiger partial charge in [-0.15, -0.1) is 11.8 Å². The Morgan fingerprint density at radius 1 is 1.09 bits per heavy atom. The molecule has 6 nitrogen and oxygen atoms in total. The molecule has 4 aromatic rings. The van der Waals surface area contributed by atoms with Crippen molar-refractivity contribution < 1.29 is 23.8 Å². The van der Waals surface area contributed by atoms with E-state index in [1.54, 1.807) is 11.8 Å². The number of benzene rings is 3. The van der Waals surface area contributed by atoms with Gasteiger partial charge in [0.1, 0.15) is 17.0 Å². The predicted molar refractivity (Wildman–Crippen MR) is 132 cm³/mol. The highest BCUT2D eigenvalue weighted by Gasteiger charge is 2.14. The highest BCUT2D eigenvalue weighted by atomic mass is 79.9. The van der Waals surface area contributed by atoms with Gasteiger partial charge in [0.25, 0.3) is 0 Å². The van der Waals surface area contributed by atoms with E-state index in [4.69, 9.17) is 19.0 Å². The summed E-state index contributed by atoms with van der Waals surface area (Å²) in [4.78, 5) is 16.4. The maximum absolute atomic E-state index is 10.7. The van der Waals surface area contributed by atoms with Crippen LogP contribution in [-0.4, -0.2) is 35.0 Å². The van der Waals surface area contributed by atoms with Gasteiger partial charge in [-0.2, -0.15) is 0 Å². The minimum absolute atomic E-state index is 0.341. The van der Waals surface area contributed by atoms with Crippen LogP contribution >= 0.6 is 27.7 Å². The number of ether oxygens (including phenoxy) is 2. The average molecular weight is 528 g/mol. The molecule has 1 aromatic heterocycles. The molecule has 8 heteroatoms. The second kappa shape index (κ2) is 10.8. The Morgan fingerprint density at radius 3 is 2.70 bits per heavy atom. The van der Waals surface area contributed by atoms with E-state index in [1.165, 1.54) is 0 Å². The molecule has 0 saturated carbocycles. The first-order chi connectivity index (χ1) is 16.0. The Labute approximate surface area is 204 Å². The van der Waals surface area contributed by atoms with Crippen molar-refractivity contribution in [3.05, 3.63) is 70.7 Å². The number of carboxylic acid groups (broad SMARTS) is 1. The van der Waals surface area contributed by atoms with E-state index in [-0.39, 0.29) is 6.61 Å². The van der Waals surface area contributed by atoms with Crippen molar-refractivity contribution in [2.45, 2.75) is 18.2 Å². The molecule has 33 heavy (non-hydrogen) atoms. The topological polar surface area (TPSA) is 81.8 Å². The number of carbonyl (C=O) groups is 1. The number of thioether (sulfide) groups is 1. The largest absolute Gasteiger partial charge is 0.493 e. The lowest BCUT2D eigenvalue weighted by atomic mass is 10.2. The molecule has 0 spiro atoms. The zero-order valence-corrected chi connectivity index (χ0v) is 20.3. The lowest BCUT2D eigenvalue weighted by Gasteiger charge is -2.11. The zero-order chi connectivity index (χ0) is 23.2. The molecule has 1 heterocycles. The summed E-state index contributed by atoms with van der Waals surface area (Å²) in [7, 11) is 0. The van der Waals surface area contributed by atoms with Gasteiger partial charge in [-0.3, -0.25) is 0 Å². The number of carboxylic acids is 1. The molecule has 0 atom stereocenters. The quantitative estimate of drug-likeness (QED) is 0.184. The van der Waals surface area contributed by atoms with Crippen LogP contribution in [-0.2, 0) is 4.79 Å². The van der Waals surface area contributed by atoms with Crippen LogP contribution in [0, 0.1) is 6.92 Å². The summed E-state index contributed by atoms with van der Waals surface area (Å²) in [6.45, 7) is 2.12. The van der Waals surface area contributed by atoms with Crippen molar-refractivity contribution in [1.82, 2.24) is 4.98 Å². The number of nitrogens with zero attached hydrogens (tertiary/aromatic N) is 1. The maximum Gasteiger partial charge on any atom is 0.341 e. The van der Waals surface area contributed by atoms with Crippen LogP contribution in [0.25, 0.3) is 22.6 Å². The van der Waals surface area contributed by atoms with Crippen molar-refractivity contribution in [3.63, 3.8) is 0 Å². The second-order valence-electron chi connectivity index (χ2n) is 7.29. The minimum atomic E-state index is -0.988. The number of para-hydroxylation sites is 2. The van der Waals surface area contributed by atoms with Crippen molar-refractivity contribution >= 4 is 44.8 Å². The highest BCUT2D eigenvalue weighted by molar-refractivity contribution is 9.10. The van der Waals surface area contributed by atoms with E-state index in [2.05, 4.69) is 20.9 Å². The van der Waals surface area contributed by atoms with Gasteiger partial charge in [0.05, 0.1) is 12.2 Å². The number of aryl methyl sites for hydroxylation is 1. The van der Waals surface area contributed by atoms with Gasteiger partial charge < -0.3 is 19.0 Å². The molecule has 0 bridgehead atoms. The summed E-state index contributed by atoms with van der Waals surface area (Å²) in [5, 5.41) is 8.75. The molecule has 0 saturated heterocycles. The first-order valence-electron chi connectivity index (χ1n) is 10.4. The zero-order valence-electron chi connectivity index (χ0n) is 17.9. The van der Waals surface area contributed by atoms with Gasteiger partial charge in [-0.1, -0.05) is 28.1 Å². The SMILES string of the molecule is Cc1cc(SCCCOc2ccc(Br)cc2-c2nc3ccccc3o2)ccc1OCC(=O)O. The Bertz CT molecular complexity index is 1240. The monoisotopic (exact) mass is 527 g/mol. The molecule has 4 rings (SSSR count). The number of oxazole rings is 1. The number of rotatable bonds is 10. The van der Waals surface area contributed by atoms with Gasteiger partial charge in [-0.05, 0) is 67.4 Å². The summed E-state index contributed by atoms with van der Waals surface area (Å²) in [6.07, 6.45) is 0.851. The van der Waals surface area contributed by atoms with Crippen molar-refractivity contribution in [2.24, 2.45) is 0 Å². The number of aromatic nitrogens is 1. The van der Waals surface area contributed by atoms with Crippen LogP contribution < -0.4 is 9.47 Å². The molecule has 170 valence electrons. The van der Waals surface area contributed by atoms with Crippen molar-refractivity contribution in [3.8, 4) is 23.0 Å². The molecule has 0 aliphatic carbocycles. The Balaban J connectivity index is 1.33. The van der Waals surface area contributed by atoms with Crippen LogP contribution in [0.15, 0.2) is 74.4 Å². The number of fused-ring (bicyclic) bond motifs is 1. The van der Waals surface area contributed by atoms with Crippen LogP contribution in [0.2, 0.25) is 0 Å². The molecule has 3 aromatic carbocycles. The Hall–Kier alpha value is -2.97. The minimum Gasteiger partial charge on any atom is -0.493 e. The second-order valence-corrected chi connectivity index (χ2v) is 9.37. The van der Waals surface area contributed by atoms with Crippen LogP contribution in [0.1, 0.15) is 12.0 Å². The number of hydrogen-bond acceptors (Lipinski definition) is 6. The van der Waals surface area contributed by atoms with Crippen LogP contribution in [0.5, 0.6) is 11.5 Å². The van der Waals surface area contributed by atoms with Crippen LogP contribution in [0.3, 0.4) is 0 Å². The summed E-state index contributed by atoms with van der Waals surface area (Å²) < 4.78 is 18.2. The van der Waals surface area contributed by atoms with E-state index < -0.39 is 5.97 Å². The van der Waals surface area contributed by atoms with Gasteiger partial charge in [0, 0.05) is 15.1 Å². The number of hydrogen-bond donors (Lipinski definition) is 1. The fourth-order valence-corrected chi connectivity index (χ4v) is 4.51. The van der Waals surface area contributed by atoms with Crippen molar-refractivity contribution in [2.75, 3.05) is 19.0 Å². The fourth-order valence-electron chi connectivity index (χ4n) is 3.23. The molecule has 0 amide bonds. The Kier molecular flexibility index (Phi) is 7.57. The molecule has 0 aliphatic heterocycles.